The van der Waals surface area contributed by atoms with Gasteiger partial charge in [-0.2, -0.15) is 0 Å². The molecule has 6 heteroatoms. The SMILES string of the molecule is Cc1ccc(NC(=O)[C@H](C)Sc2nnc(C)n2C)c(C)c1. The molecule has 1 N–H and O–H groups in total. The summed E-state index contributed by atoms with van der Waals surface area (Å²) in [5, 5.41) is 11.5. The van der Waals surface area contributed by atoms with Crippen LogP contribution < -0.4 is 5.32 Å². The molecule has 2 aromatic rings. The van der Waals surface area contributed by atoms with E-state index in [2.05, 4.69) is 21.6 Å². The highest BCUT2D eigenvalue weighted by molar-refractivity contribution is 8.00. The van der Waals surface area contributed by atoms with Crippen LogP contribution in [0, 0.1) is 20.8 Å². The van der Waals surface area contributed by atoms with Gasteiger partial charge in [-0.1, -0.05) is 29.5 Å². The minimum absolute atomic E-state index is 0.0346. The van der Waals surface area contributed by atoms with Crippen molar-refractivity contribution >= 4 is 23.4 Å². The van der Waals surface area contributed by atoms with E-state index in [9.17, 15) is 4.79 Å². The number of carbonyl (C=O) groups is 1. The monoisotopic (exact) mass is 304 g/mol. The van der Waals surface area contributed by atoms with Crippen LogP contribution in [-0.2, 0) is 11.8 Å². The number of thioether (sulfide) groups is 1. The molecule has 112 valence electrons. The van der Waals surface area contributed by atoms with Crippen LogP contribution in [0.4, 0.5) is 5.69 Å². The van der Waals surface area contributed by atoms with Crippen LogP contribution in [0.25, 0.3) is 0 Å². The number of amides is 1. The summed E-state index contributed by atoms with van der Waals surface area (Å²) in [6.45, 7) is 7.78. The van der Waals surface area contributed by atoms with Crippen LogP contribution in [-0.4, -0.2) is 25.9 Å². The summed E-state index contributed by atoms with van der Waals surface area (Å²) >= 11 is 1.40. The molecule has 0 aliphatic carbocycles. The Morgan fingerprint density at radius 1 is 1.29 bits per heavy atom. The molecule has 0 bridgehead atoms. The van der Waals surface area contributed by atoms with E-state index in [0.29, 0.717) is 0 Å². The fourth-order valence-electron chi connectivity index (χ4n) is 1.89. The van der Waals surface area contributed by atoms with Crippen LogP contribution >= 0.6 is 11.8 Å². The molecule has 1 atom stereocenters. The molecule has 1 aromatic heterocycles. The first-order valence-corrected chi connectivity index (χ1v) is 7.67. The fourth-order valence-corrected chi connectivity index (χ4v) is 2.75. The lowest BCUT2D eigenvalue weighted by molar-refractivity contribution is -0.115. The molecular weight excluding hydrogens is 284 g/mol. The van der Waals surface area contributed by atoms with E-state index in [4.69, 9.17) is 0 Å². The molecule has 0 spiro atoms. The number of rotatable bonds is 4. The van der Waals surface area contributed by atoms with Gasteiger partial charge in [-0.15, -0.1) is 10.2 Å². The van der Waals surface area contributed by atoms with E-state index in [-0.39, 0.29) is 11.2 Å². The van der Waals surface area contributed by atoms with Gasteiger partial charge >= 0.3 is 0 Å². The molecule has 1 aromatic carbocycles. The van der Waals surface area contributed by atoms with Gasteiger partial charge in [0.2, 0.25) is 5.91 Å². The molecular formula is C15H20N4OS. The van der Waals surface area contributed by atoms with Crippen LogP contribution in [0.1, 0.15) is 23.9 Å². The Labute approximate surface area is 129 Å². The third-order valence-corrected chi connectivity index (χ3v) is 4.48. The van der Waals surface area contributed by atoms with E-state index in [0.717, 1.165) is 22.2 Å². The Morgan fingerprint density at radius 3 is 2.57 bits per heavy atom. The third-order valence-electron chi connectivity index (χ3n) is 3.34. The Morgan fingerprint density at radius 2 is 2.00 bits per heavy atom. The second-order valence-electron chi connectivity index (χ2n) is 5.16. The van der Waals surface area contributed by atoms with Crippen molar-refractivity contribution in [1.29, 1.82) is 0 Å². The first-order valence-electron chi connectivity index (χ1n) is 6.79. The normalized spacial score (nSPS) is 12.2. The summed E-state index contributed by atoms with van der Waals surface area (Å²) in [6.07, 6.45) is 0. The maximum Gasteiger partial charge on any atom is 0.237 e. The van der Waals surface area contributed by atoms with E-state index >= 15 is 0 Å². The van der Waals surface area contributed by atoms with Crippen molar-refractivity contribution in [3.8, 4) is 0 Å². The Kier molecular flexibility index (Phi) is 4.67. The van der Waals surface area contributed by atoms with Gasteiger partial charge in [0.25, 0.3) is 0 Å². The fraction of sp³-hybridized carbons (Fsp3) is 0.400. The zero-order valence-corrected chi connectivity index (χ0v) is 13.8. The molecule has 0 saturated heterocycles. The van der Waals surface area contributed by atoms with Crippen molar-refractivity contribution < 1.29 is 4.79 Å². The lowest BCUT2D eigenvalue weighted by Crippen LogP contribution is -2.23. The summed E-state index contributed by atoms with van der Waals surface area (Å²) in [7, 11) is 1.90. The molecule has 0 aliphatic rings. The molecule has 5 nitrogen and oxygen atoms in total. The summed E-state index contributed by atoms with van der Waals surface area (Å²) in [5.74, 6) is 0.798. The predicted molar refractivity (Wildman–Crippen MR) is 85.6 cm³/mol. The van der Waals surface area contributed by atoms with E-state index in [1.807, 2.05) is 51.4 Å². The number of benzene rings is 1. The molecule has 21 heavy (non-hydrogen) atoms. The number of carbonyl (C=O) groups excluding carboxylic acids is 1. The van der Waals surface area contributed by atoms with Gasteiger partial charge < -0.3 is 9.88 Å². The highest BCUT2D eigenvalue weighted by atomic mass is 32.2. The Balaban J connectivity index is 2.04. The van der Waals surface area contributed by atoms with E-state index in [1.165, 1.54) is 17.3 Å². The van der Waals surface area contributed by atoms with Gasteiger partial charge in [-0.3, -0.25) is 4.79 Å². The lowest BCUT2D eigenvalue weighted by atomic mass is 10.1. The number of hydrogen-bond acceptors (Lipinski definition) is 4. The predicted octanol–water partition coefficient (Wildman–Crippen LogP) is 2.86. The molecule has 0 radical (unpaired) electrons. The van der Waals surface area contributed by atoms with Crippen molar-refractivity contribution in [3.05, 3.63) is 35.2 Å². The van der Waals surface area contributed by atoms with E-state index in [1.54, 1.807) is 0 Å². The molecule has 0 fully saturated rings. The molecule has 2 rings (SSSR count). The van der Waals surface area contributed by atoms with Gasteiger partial charge in [-0.05, 0) is 39.3 Å². The quantitative estimate of drug-likeness (QED) is 0.882. The summed E-state index contributed by atoms with van der Waals surface area (Å²) in [6, 6.07) is 5.98. The van der Waals surface area contributed by atoms with Gasteiger partial charge in [0, 0.05) is 12.7 Å². The maximum absolute atomic E-state index is 12.3. The Bertz CT molecular complexity index is 666. The smallest absolute Gasteiger partial charge is 0.237 e. The third kappa shape index (κ3) is 3.64. The number of aromatic nitrogens is 3. The van der Waals surface area contributed by atoms with Crippen LogP contribution in [0.3, 0.4) is 0 Å². The minimum Gasteiger partial charge on any atom is -0.325 e. The molecule has 0 unspecified atom stereocenters. The average Bonchev–Trinajstić information content (AvgIpc) is 2.73. The van der Waals surface area contributed by atoms with Gasteiger partial charge in [-0.25, -0.2) is 0 Å². The zero-order chi connectivity index (χ0) is 15.6. The standard InChI is InChI=1S/C15H20N4OS/c1-9-6-7-13(10(2)8-9)16-14(20)11(3)21-15-18-17-12(4)19(15)5/h6-8,11H,1-5H3,(H,16,20)/t11-/m0/s1. The number of anilines is 1. The highest BCUT2D eigenvalue weighted by Gasteiger charge is 2.18. The largest absolute Gasteiger partial charge is 0.325 e. The van der Waals surface area contributed by atoms with Crippen LogP contribution in [0.5, 0.6) is 0 Å². The second kappa shape index (κ2) is 6.30. The topological polar surface area (TPSA) is 59.8 Å². The van der Waals surface area contributed by atoms with Gasteiger partial charge in [0.1, 0.15) is 5.82 Å². The number of hydrogen-bond donors (Lipinski definition) is 1. The van der Waals surface area contributed by atoms with Crippen molar-refractivity contribution in [3.63, 3.8) is 0 Å². The second-order valence-corrected chi connectivity index (χ2v) is 6.46. The molecule has 1 amide bonds. The summed E-state index contributed by atoms with van der Waals surface area (Å²) < 4.78 is 1.88. The average molecular weight is 304 g/mol. The molecule has 0 saturated carbocycles. The zero-order valence-electron chi connectivity index (χ0n) is 13.0. The first-order chi connectivity index (χ1) is 9.88. The molecule has 1 heterocycles. The maximum atomic E-state index is 12.3. The lowest BCUT2D eigenvalue weighted by Gasteiger charge is -2.13. The number of aryl methyl sites for hydroxylation is 3. The minimum atomic E-state index is -0.243. The van der Waals surface area contributed by atoms with Gasteiger partial charge in [0.15, 0.2) is 5.16 Å². The van der Waals surface area contributed by atoms with Crippen LogP contribution in [0.2, 0.25) is 0 Å². The number of nitrogens with one attached hydrogen (secondary N) is 1. The van der Waals surface area contributed by atoms with Gasteiger partial charge in [0.05, 0.1) is 5.25 Å². The Hall–Kier alpha value is -1.82. The van der Waals surface area contributed by atoms with Crippen molar-refractivity contribution in [2.75, 3.05) is 5.32 Å². The summed E-state index contributed by atoms with van der Waals surface area (Å²) in [5.41, 5.74) is 3.10. The highest BCUT2D eigenvalue weighted by Crippen LogP contribution is 2.23. The van der Waals surface area contributed by atoms with E-state index < -0.39 is 0 Å². The summed E-state index contributed by atoms with van der Waals surface area (Å²) in [4.78, 5) is 12.3. The van der Waals surface area contributed by atoms with Crippen molar-refractivity contribution in [1.82, 2.24) is 14.8 Å². The first kappa shape index (κ1) is 15.6. The van der Waals surface area contributed by atoms with Crippen molar-refractivity contribution in [2.24, 2.45) is 7.05 Å². The number of nitrogens with zero attached hydrogens (tertiary/aromatic N) is 3. The molecule has 0 aliphatic heterocycles. The van der Waals surface area contributed by atoms with Crippen molar-refractivity contribution in [2.45, 2.75) is 38.1 Å². The van der Waals surface area contributed by atoms with Crippen LogP contribution in [0.15, 0.2) is 23.4 Å².